The third-order valence-corrected chi connectivity index (χ3v) is 4.03. The molecule has 126 valence electrons. The number of hydrogen-bond acceptors (Lipinski definition) is 4. The smallest absolute Gasteiger partial charge is 0.255 e. The number of aromatic hydroxyl groups is 1. The second-order valence-corrected chi connectivity index (χ2v) is 5.68. The van der Waals surface area contributed by atoms with Crippen molar-refractivity contribution in [3.8, 4) is 11.5 Å². The molecule has 0 radical (unpaired) electrons. The van der Waals surface area contributed by atoms with Gasteiger partial charge in [0.05, 0.1) is 12.7 Å². The third-order valence-electron chi connectivity index (χ3n) is 4.03. The second kappa shape index (κ2) is 8.41. The molecule has 2 N–H and O–H groups in total. The number of nitrogens with one attached hydrogen (secondary N) is 1. The lowest BCUT2D eigenvalue weighted by atomic mass is 10.1. The van der Waals surface area contributed by atoms with E-state index in [1.807, 2.05) is 4.90 Å². The van der Waals surface area contributed by atoms with Crippen molar-refractivity contribution in [2.75, 3.05) is 26.7 Å². The first-order valence-electron chi connectivity index (χ1n) is 8.05. The maximum absolute atomic E-state index is 12.1. The molecular weight excluding hydrogens is 296 g/mol. The summed E-state index contributed by atoms with van der Waals surface area (Å²) in [6.45, 7) is 1.89. The first-order chi connectivity index (χ1) is 11.1. The summed E-state index contributed by atoms with van der Waals surface area (Å²) < 4.78 is 4.98. The van der Waals surface area contributed by atoms with Crippen molar-refractivity contribution in [3.63, 3.8) is 0 Å². The third kappa shape index (κ3) is 4.87. The number of nitrogens with zero attached hydrogens (tertiary/aromatic N) is 1. The molecule has 1 aliphatic heterocycles. The van der Waals surface area contributed by atoms with Gasteiger partial charge in [-0.2, -0.15) is 0 Å². The number of likely N-dealkylation sites (tertiary alicyclic amines) is 1. The molecule has 0 spiro atoms. The summed E-state index contributed by atoms with van der Waals surface area (Å²) in [5.74, 6) is 0.0241. The van der Waals surface area contributed by atoms with Crippen molar-refractivity contribution in [2.24, 2.45) is 0 Å². The number of benzene rings is 1. The number of amides is 2. The zero-order valence-electron chi connectivity index (χ0n) is 13.5. The predicted molar refractivity (Wildman–Crippen MR) is 86.7 cm³/mol. The first kappa shape index (κ1) is 17.1. The number of phenols is 1. The van der Waals surface area contributed by atoms with Crippen LogP contribution < -0.4 is 10.1 Å². The summed E-state index contributed by atoms with van der Waals surface area (Å²) in [7, 11) is 1.49. The van der Waals surface area contributed by atoms with Gasteiger partial charge in [-0.15, -0.1) is 0 Å². The van der Waals surface area contributed by atoms with Crippen LogP contribution in [0.3, 0.4) is 0 Å². The normalized spacial score (nSPS) is 14.9. The van der Waals surface area contributed by atoms with E-state index in [0.717, 1.165) is 25.9 Å². The highest BCUT2D eigenvalue weighted by Crippen LogP contribution is 2.23. The molecule has 0 saturated carbocycles. The number of rotatable bonds is 5. The van der Waals surface area contributed by atoms with Crippen LogP contribution >= 0.6 is 0 Å². The van der Waals surface area contributed by atoms with Crippen molar-refractivity contribution in [2.45, 2.75) is 32.1 Å². The van der Waals surface area contributed by atoms with Crippen LogP contribution in [0.2, 0.25) is 0 Å². The molecule has 0 unspecified atom stereocenters. The van der Waals surface area contributed by atoms with Crippen LogP contribution in [-0.4, -0.2) is 48.6 Å². The fourth-order valence-corrected chi connectivity index (χ4v) is 2.69. The standard InChI is InChI=1S/C17H24N2O4/c1-23-13-6-7-14(15(20)12-13)17(22)18-9-8-16(21)19-10-4-2-3-5-11-19/h6-7,12,20H,2-5,8-11H2,1H3,(H,18,22). The Kier molecular flexibility index (Phi) is 6.26. The maximum Gasteiger partial charge on any atom is 0.255 e. The minimum atomic E-state index is -0.395. The highest BCUT2D eigenvalue weighted by atomic mass is 16.5. The van der Waals surface area contributed by atoms with Crippen LogP contribution in [0.4, 0.5) is 0 Å². The van der Waals surface area contributed by atoms with Crippen LogP contribution in [0, 0.1) is 0 Å². The summed E-state index contributed by atoms with van der Waals surface area (Å²) in [5.41, 5.74) is 0.174. The molecule has 1 fully saturated rings. The number of ether oxygens (including phenoxy) is 1. The Hall–Kier alpha value is -2.24. The van der Waals surface area contributed by atoms with Gasteiger partial charge in [-0.25, -0.2) is 0 Å². The number of hydrogen-bond donors (Lipinski definition) is 2. The minimum absolute atomic E-state index is 0.0751. The predicted octanol–water partition coefficient (Wildman–Crippen LogP) is 1.92. The van der Waals surface area contributed by atoms with Gasteiger partial charge in [0, 0.05) is 32.1 Å². The molecule has 0 bridgehead atoms. The van der Waals surface area contributed by atoms with E-state index in [1.54, 1.807) is 6.07 Å². The highest BCUT2D eigenvalue weighted by molar-refractivity contribution is 5.97. The Labute approximate surface area is 136 Å². The van der Waals surface area contributed by atoms with E-state index >= 15 is 0 Å². The molecule has 2 amide bonds. The molecule has 1 aromatic rings. The molecule has 23 heavy (non-hydrogen) atoms. The highest BCUT2D eigenvalue weighted by Gasteiger charge is 2.16. The molecule has 1 aliphatic rings. The number of phenolic OH excluding ortho intramolecular Hbond substituents is 1. The lowest BCUT2D eigenvalue weighted by Gasteiger charge is -2.20. The van der Waals surface area contributed by atoms with E-state index in [9.17, 15) is 14.7 Å². The summed E-state index contributed by atoms with van der Waals surface area (Å²) in [4.78, 5) is 26.0. The van der Waals surface area contributed by atoms with E-state index in [2.05, 4.69) is 5.32 Å². The topological polar surface area (TPSA) is 78.9 Å². The monoisotopic (exact) mass is 320 g/mol. The number of methoxy groups -OCH3 is 1. The van der Waals surface area contributed by atoms with E-state index in [0.29, 0.717) is 5.75 Å². The Morgan fingerprint density at radius 1 is 1.22 bits per heavy atom. The van der Waals surface area contributed by atoms with Crippen LogP contribution in [0.1, 0.15) is 42.5 Å². The van der Waals surface area contributed by atoms with E-state index in [4.69, 9.17) is 4.74 Å². The van der Waals surface area contributed by atoms with Crippen LogP contribution in [-0.2, 0) is 4.79 Å². The maximum atomic E-state index is 12.1. The van der Waals surface area contributed by atoms with Gasteiger partial charge in [0.15, 0.2) is 0 Å². The Bertz CT molecular complexity index is 552. The SMILES string of the molecule is COc1ccc(C(=O)NCCC(=O)N2CCCCCC2)c(O)c1. The van der Waals surface area contributed by atoms with Gasteiger partial charge >= 0.3 is 0 Å². The average molecular weight is 320 g/mol. The molecule has 6 heteroatoms. The van der Waals surface area contributed by atoms with Gasteiger partial charge in [0.1, 0.15) is 11.5 Å². The fraction of sp³-hybridized carbons (Fsp3) is 0.529. The average Bonchev–Trinajstić information content (AvgIpc) is 2.83. The molecule has 2 rings (SSSR count). The summed E-state index contributed by atoms with van der Waals surface area (Å²) in [5, 5.41) is 12.5. The van der Waals surface area contributed by atoms with Gasteiger partial charge < -0.3 is 20.1 Å². The van der Waals surface area contributed by atoms with Crippen molar-refractivity contribution in [3.05, 3.63) is 23.8 Å². The van der Waals surface area contributed by atoms with Crippen LogP contribution in [0.5, 0.6) is 11.5 Å². The fourth-order valence-electron chi connectivity index (χ4n) is 2.69. The van der Waals surface area contributed by atoms with E-state index in [1.165, 1.54) is 32.1 Å². The first-order valence-corrected chi connectivity index (χ1v) is 8.05. The molecular formula is C17H24N2O4. The zero-order valence-corrected chi connectivity index (χ0v) is 13.5. The Morgan fingerprint density at radius 2 is 1.91 bits per heavy atom. The summed E-state index contributed by atoms with van der Waals surface area (Å²) >= 11 is 0. The molecule has 1 saturated heterocycles. The van der Waals surface area contributed by atoms with Crippen LogP contribution in [0.25, 0.3) is 0 Å². The largest absolute Gasteiger partial charge is 0.507 e. The zero-order chi connectivity index (χ0) is 16.7. The van der Waals surface area contributed by atoms with Gasteiger partial charge in [0.2, 0.25) is 5.91 Å². The van der Waals surface area contributed by atoms with Gasteiger partial charge in [-0.1, -0.05) is 12.8 Å². The van der Waals surface area contributed by atoms with Crippen molar-refractivity contribution < 1.29 is 19.4 Å². The number of carbonyl (C=O) groups is 2. The minimum Gasteiger partial charge on any atom is -0.507 e. The van der Waals surface area contributed by atoms with E-state index in [-0.39, 0.29) is 30.2 Å². The molecule has 1 heterocycles. The molecule has 0 aliphatic carbocycles. The molecule has 1 aromatic carbocycles. The van der Waals surface area contributed by atoms with Crippen molar-refractivity contribution >= 4 is 11.8 Å². The molecule has 0 atom stereocenters. The molecule has 6 nitrogen and oxygen atoms in total. The molecule has 0 aromatic heterocycles. The number of carbonyl (C=O) groups excluding carboxylic acids is 2. The van der Waals surface area contributed by atoms with Gasteiger partial charge in [0.25, 0.3) is 5.91 Å². The quantitative estimate of drug-likeness (QED) is 0.869. The van der Waals surface area contributed by atoms with Crippen LogP contribution in [0.15, 0.2) is 18.2 Å². The van der Waals surface area contributed by atoms with Crippen molar-refractivity contribution in [1.29, 1.82) is 0 Å². The second-order valence-electron chi connectivity index (χ2n) is 5.68. The van der Waals surface area contributed by atoms with Crippen molar-refractivity contribution in [1.82, 2.24) is 10.2 Å². The lowest BCUT2D eigenvalue weighted by molar-refractivity contribution is -0.131. The van der Waals surface area contributed by atoms with Gasteiger partial charge in [-0.3, -0.25) is 9.59 Å². The van der Waals surface area contributed by atoms with E-state index < -0.39 is 5.91 Å². The lowest BCUT2D eigenvalue weighted by Crippen LogP contribution is -2.35. The Morgan fingerprint density at radius 3 is 2.52 bits per heavy atom. The van der Waals surface area contributed by atoms with Gasteiger partial charge in [-0.05, 0) is 25.0 Å². The summed E-state index contributed by atoms with van der Waals surface area (Å²) in [6, 6.07) is 4.49. The Balaban J connectivity index is 1.81. The summed E-state index contributed by atoms with van der Waals surface area (Å²) in [6.07, 6.45) is 4.74.